The van der Waals surface area contributed by atoms with Crippen molar-refractivity contribution in [2.24, 2.45) is 0 Å². The lowest BCUT2D eigenvalue weighted by Gasteiger charge is -2.07. The van der Waals surface area contributed by atoms with Gasteiger partial charge in [-0.05, 0) is 43.7 Å². The zero-order valence-corrected chi connectivity index (χ0v) is 11.9. The second-order valence-corrected chi connectivity index (χ2v) is 4.90. The average molecular weight is 296 g/mol. The molecular formula is C13H11Cl2N3O. The Labute approximate surface area is 120 Å². The van der Waals surface area contributed by atoms with Gasteiger partial charge in [0.2, 0.25) is 0 Å². The number of hydrogen-bond donors (Lipinski definition) is 1. The highest BCUT2D eigenvalue weighted by Crippen LogP contribution is 2.16. The Balaban J connectivity index is 2.25. The number of carbonyl (C=O) groups excluding carboxylic acids is 1. The van der Waals surface area contributed by atoms with E-state index in [2.05, 4.69) is 15.3 Å². The predicted molar refractivity (Wildman–Crippen MR) is 75.9 cm³/mol. The molecule has 0 saturated carbocycles. The lowest BCUT2D eigenvalue weighted by Crippen LogP contribution is -2.13. The van der Waals surface area contributed by atoms with Crippen LogP contribution in [0, 0.1) is 13.8 Å². The van der Waals surface area contributed by atoms with E-state index < -0.39 is 0 Å². The van der Waals surface area contributed by atoms with E-state index in [0.29, 0.717) is 11.4 Å². The van der Waals surface area contributed by atoms with Crippen molar-refractivity contribution < 1.29 is 4.79 Å². The molecule has 0 fully saturated rings. The molecule has 0 unspecified atom stereocenters. The second kappa shape index (κ2) is 5.55. The molecule has 1 N–H and O–H groups in total. The van der Waals surface area contributed by atoms with Crippen molar-refractivity contribution >= 4 is 34.9 Å². The zero-order valence-electron chi connectivity index (χ0n) is 10.4. The Morgan fingerprint density at radius 1 is 1.05 bits per heavy atom. The third-order valence-electron chi connectivity index (χ3n) is 2.36. The third kappa shape index (κ3) is 3.66. The molecule has 19 heavy (non-hydrogen) atoms. The molecule has 98 valence electrons. The average Bonchev–Trinajstić information content (AvgIpc) is 2.25. The normalized spacial score (nSPS) is 10.3. The molecule has 6 heteroatoms. The predicted octanol–water partition coefficient (Wildman–Crippen LogP) is 3.65. The Hall–Kier alpha value is -1.65. The largest absolute Gasteiger partial charge is 0.307 e. The van der Waals surface area contributed by atoms with Gasteiger partial charge in [0.15, 0.2) is 0 Å². The van der Waals surface area contributed by atoms with E-state index in [0.717, 1.165) is 11.3 Å². The highest BCUT2D eigenvalue weighted by Gasteiger charge is 2.10. The first-order chi connectivity index (χ1) is 8.94. The molecular weight excluding hydrogens is 285 g/mol. The van der Waals surface area contributed by atoms with Crippen LogP contribution in [-0.2, 0) is 0 Å². The number of nitrogens with zero attached hydrogens (tertiary/aromatic N) is 2. The van der Waals surface area contributed by atoms with Crippen LogP contribution in [0.15, 0.2) is 24.3 Å². The first-order valence-corrected chi connectivity index (χ1v) is 6.29. The molecule has 2 aromatic heterocycles. The third-order valence-corrected chi connectivity index (χ3v) is 2.75. The van der Waals surface area contributed by atoms with Crippen LogP contribution >= 0.6 is 23.2 Å². The molecule has 1 amide bonds. The Morgan fingerprint density at radius 3 is 2.26 bits per heavy atom. The molecule has 0 aliphatic rings. The monoisotopic (exact) mass is 295 g/mol. The van der Waals surface area contributed by atoms with Gasteiger partial charge in [0.1, 0.15) is 16.1 Å². The Kier molecular flexibility index (Phi) is 4.02. The molecule has 0 saturated heterocycles. The van der Waals surface area contributed by atoms with Gasteiger partial charge in [-0.3, -0.25) is 4.79 Å². The maximum atomic E-state index is 12.0. The van der Waals surface area contributed by atoms with E-state index in [1.54, 1.807) is 6.07 Å². The highest BCUT2D eigenvalue weighted by molar-refractivity contribution is 6.33. The number of rotatable bonds is 2. The van der Waals surface area contributed by atoms with Gasteiger partial charge < -0.3 is 5.32 Å². The lowest BCUT2D eigenvalue weighted by atomic mass is 10.2. The molecule has 2 aromatic rings. The second-order valence-electron chi connectivity index (χ2n) is 4.13. The number of anilines is 1. The van der Waals surface area contributed by atoms with Crippen LogP contribution in [0.4, 0.5) is 5.82 Å². The summed E-state index contributed by atoms with van der Waals surface area (Å²) in [6.45, 7) is 3.80. The van der Waals surface area contributed by atoms with Gasteiger partial charge in [-0.1, -0.05) is 23.2 Å². The smallest absolute Gasteiger partial charge is 0.257 e. The number of aromatic nitrogens is 2. The number of halogens is 2. The van der Waals surface area contributed by atoms with Gasteiger partial charge in [0.25, 0.3) is 5.91 Å². The van der Waals surface area contributed by atoms with Gasteiger partial charge in [-0.2, -0.15) is 0 Å². The minimum atomic E-state index is -0.330. The molecule has 0 radical (unpaired) electrons. The van der Waals surface area contributed by atoms with Crippen LogP contribution in [-0.4, -0.2) is 15.9 Å². The van der Waals surface area contributed by atoms with Gasteiger partial charge in [0.05, 0.1) is 0 Å². The van der Waals surface area contributed by atoms with Gasteiger partial charge in [0, 0.05) is 11.3 Å². The summed E-state index contributed by atoms with van der Waals surface area (Å²) in [6, 6.07) is 6.61. The topological polar surface area (TPSA) is 54.9 Å². The van der Waals surface area contributed by atoms with E-state index in [1.807, 2.05) is 19.9 Å². The van der Waals surface area contributed by atoms with Crippen molar-refractivity contribution in [2.75, 3.05) is 5.32 Å². The van der Waals surface area contributed by atoms with Crippen LogP contribution < -0.4 is 5.32 Å². The maximum Gasteiger partial charge on any atom is 0.257 e. The van der Waals surface area contributed by atoms with Crippen molar-refractivity contribution in [3.8, 4) is 0 Å². The van der Waals surface area contributed by atoms with E-state index in [4.69, 9.17) is 23.2 Å². The van der Waals surface area contributed by atoms with E-state index in [1.165, 1.54) is 12.1 Å². The number of pyridine rings is 2. The lowest BCUT2D eigenvalue weighted by molar-refractivity contribution is 0.102. The van der Waals surface area contributed by atoms with E-state index >= 15 is 0 Å². The molecule has 0 bridgehead atoms. The fourth-order valence-corrected chi connectivity index (χ4v) is 2.15. The van der Waals surface area contributed by atoms with Gasteiger partial charge in [-0.15, -0.1) is 0 Å². The summed E-state index contributed by atoms with van der Waals surface area (Å²) in [5.74, 6) is 0.162. The quantitative estimate of drug-likeness (QED) is 0.861. The van der Waals surface area contributed by atoms with Crippen LogP contribution in [0.1, 0.15) is 21.6 Å². The van der Waals surface area contributed by atoms with Crippen molar-refractivity contribution in [2.45, 2.75) is 13.8 Å². The Morgan fingerprint density at radius 2 is 1.68 bits per heavy atom. The summed E-state index contributed by atoms with van der Waals surface area (Å²) in [6.07, 6.45) is 0. The molecule has 0 aromatic carbocycles. The molecule has 0 atom stereocenters. The number of carbonyl (C=O) groups is 1. The molecule has 2 rings (SSSR count). The fourth-order valence-electron chi connectivity index (χ4n) is 1.69. The van der Waals surface area contributed by atoms with Crippen molar-refractivity contribution in [1.29, 1.82) is 0 Å². The molecule has 2 heterocycles. The molecule has 4 nitrogen and oxygen atoms in total. The summed E-state index contributed by atoms with van der Waals surface area (Å²) in [5, 5.41) is 3.04. The van der Waals surface area contributed by atoms with Gasteiger partial charge >= 0.3 is 0 Å². The highest BCUT2D eigenvalue weighted by atomic mass is 35.5. The van der Waals surface area contributed by atoms with Crippen LogP contribution in [0.3, 0.4) is 0 Å². The SMILES string of the molecule is Cc1cc(C)nc(NC(=O)c2cc(Cl)nc(Cl)c2)c1. The summed E-state index contributed by atoms with van der Waals surface area (Å²) < 4.78 is 0. The summed E-state index contributed by atoms with van der Waals surface area (Å²) >= 11 is 11.5. The number of aryl methyl sites for hydroxylation is 2. The van der Waals surface area contributed by atoms with E-state index in [9.17, 15) is 4.79 Å². The van der Waals surface area contributed by atoms with Crippen molar-refractivity contribution in [3.63, 3.8) is 0 Å². The minimum Gasteiger partial charge on any atom is -0.307 e. The molecule has 0 aliphatic carbocycles. The number of amides is 1. The van der Waals surface area contributed by atoms with Crippen molar-refractivity contribution in [3.05, 3.63) is 51.4 Å². The minimum absolute atomic E-state index is 0.172. The fraction of sp³-hybridized carbons (Fsp3) is 0.154. The summed E-state index contributed by atoms with van der Waals surface area (Å²) in [4.78, 5) is 20.1. The Bertz CT molecular complexity index is 603. The first-order valence-electron chi connectivity index (χ1n) is 5.54. The molecule has 0 spiro atoms. The van der Waals surface area contributed by atoms with Crippen LogP contribution in [0.2, 0.25) is 10.3 Å². The maximum absolute atomic E-state index is 12.0. The first kappa shape index (κ1) is 13.8. The summed E-state index contributed by atoms with van der Waals surface area (Å²) in [5.41, 5.74) is 2.20. The van der Waals surface area contributed by atoms with Crippen LogP contribution in [0.5, 0.6) is 0 Å². The number of nitrogens with one attached hydrogen (secondary N) is 1. The molecule has 0 aliphatic heterocycles. The van der Waals surface area contributed by atoms with Crippen molar-refractivity contribution in [1.82, 2.24) is 9.97 Å². The summed E-state index contributed by atoms with van der Waals surface area (Å²) in [7, 11) is 0. The van der Waals surface area contributed by atoms with E-state index in [-0.39, 0.29) is 16.2 Å². The number of hydrogen-bond acceptors (Lipinski definition) is 3. The zero-order chi connectivity index (χ0) is 14.0. The standard InChI is InChI=1S/C13H11Cl2N3O/c1-7-3-8(2)16-12(4-7)18-13(19)9-5-10(14)17-11(15)6-9/h3-6H,1-2H3,(H,16,18,19). The van der Waals surface area contributed by atoms with Gasteiger partial charge in [-0.25, -0.2) is 9.97 Å². The van der Waals surface area contributed by atoms with Crippen LogP contribution in [0.25, 0.3) is 0 Å².